The quantitative estimate of drug-likeness (QED) is 0.348. The molecule has 0 atom stereocenters. The normalized spacial score (nSPS) is 9.59. The van der Waals surface area contributed by atoms with Crippen molar-refractivity contribution in [3.05, 3.63) is 18.2 Å². The summed E-state index contributed by atoms with van der Waals surface area (Å²) in [6.45, 7) is 1.36. The van der Waals surface area contributed by atoms with Crippen LogP contribution in [0.25, 0.3) is 0 Å². The number of rotatable bonds is 3. The largest absolute Gasteiger partial charge is 0.490 e. The Hall–Kier alpha value is -1.64. The van der Waals surface area contributed by atoms with E-state index in [2.05, 4.69) is 22.9 Å². The van der Waals surface area contributed by atoms with Gasteiger partial charge in [-0.05, 0) is 30.4 Å². The van der Waals surface area contributed by atoms with Crippen LogP contribution in [0.2, 0.25) is 0 Å². The molecule has 6 N–H and O–H groups in total. The van der Waals surface area contributed by atoms with E-state index >= 15 is 0 Å². The standard InChI is InChI=1S/C9H12BN3O3S/c1-5(14)12-6-2-3-8(13-9(11)17)7(4-6)10(15)16/h2-4,15-16H,1H3,(H,12,14)(H3,11,13,17). The van der Waals surface area contributed by atoms with E-state index in [4.69, 9.17) is 5.73 Å². The summed E-state index contributed by atoms with van der Waals surface area (Å²) in [4.78, 5) is 10.9. The molecule has 0 heterocycles. The van der Waals surface area contributed by atoms with E-state index < -0.39 is 7.12 Å². The summed E-state index contributed by atoms with van der Waals surface area (Å²) in [6.07, 6.45) is 0. The van der Waals surface area contributed by atoms with Crippen LogP contribution in [0.4, 0.5) is 11.4 Å². The number of carbonyl (C=O) groups excluding carboxylic acids is 1. The molecule has 0 unspecified atom stereocenters. The summed E-state index contributed by atoms with van der Waals surface area (Å²) < 4.78 is 0. The number of carbonyl (C=O) groups is 1. The Kier molecular flexibility index (Phi) is 4.44. The van der Waals surface area contributed by atoms with E-state index in [1.54, 1.807) is 12.1 Å². The first kappa shape index (κ1) is 13.4. The average Bonchev–Trinajstić information content (AvgIpc) is 2.18. The van der Waals surface area contributed by atoms with E-state index in [0.717, 1.165) is 0 Å². The number of thiocarbonyl (C=S) groups is 1. The molecule has 0 aliphatic rings. The number of benzene rings is 1. The molecule has 6 nitrogen and oxygen atoms in total. The molecule has 1 rings (SSSR count). The van der Waals surface area contributed by atoms with E-state index in [-0.39, 0.29) is 16.5 Å². The SMILES string of the molecule is CC(=O)Nc1ccc(NC(N)=S)c(B(O)O)c1. The van der Waals surface area contributed by atoms with Crippen molar-refractivity contribution < 1.29 is 14.8 Å². The maximum Gasteiger partial charge on any atom is 0.490 e. The molecule has 0 bridgehead atoms. The van der Waals surface area contributed by atoms with Gasteiger partial charge in [0, 0.05) is 23.8 Å². The van der Waals surface area contributed by atoms with Gasteiger partial charge in [-0.25, -0.2) is 0 Å². The molecule has 1 aromatic carbocycles. The second-order valence-electron chi connectivity index (χ2n) is 3.35. The lowest BCUT2D eigenvalue weighted by atomic mass is 9.78. The summed E-state index contributed by atoms with van der Waals surface area (Å²) in [5.41, 5.74) is 6.30. The molecule has 17 heavy (non-hydrogen) atoms. The van der Waals surface area contributed by atoms with Gasteiger partial charge in [-0.2, -0.15) is 0 Å². The highest BCUT2D eigenvalue weighted by Crippen LogP contribution is 2.12. The van der Waals surface area contributed by atoms with E-state index in [1.807, 2.05) is 0 Å². The van der Waals surface area contributed by atoms with Crippen LogP contribution >= 0.6 is 12.2 Å². The summed E-state index contributed by atoms with van der Waals surface area (Å²) in [5, 5.41) is 23.5. The first-order valence-electron chi connectivity index (χ1n) is 4.74. The third kappa shape index (κ3) is 4.02. The Morgan fingerprint density at radius 3 is 2.53 bits per heavy atom. The molecule has 0 fully saturated rings. The summed E-state index contributed by atoms with van der Waals surface area (Å²) >= 11 is 4.66. The fraction of sp³-hybridized carbons (Fsp3) is 0.111. The van der Waals surface area contributed by atoms with Crippen LogP contribution in [0.1, 0.15) is 6.92 Å². The maximum atomic E-state index is 10.9. The van der Waals surface area contributed by atoms with Crippen LogP contribution in [-0.2, 0) is 4.79 Å². The van der Waals surface area contributed by atoms with Gasteiger partial charge in [-0.15, -0.1) is 0 Å². The minimum absolute atomic E-state index is 0.0131. The molecule has 0 radical (unpaired) electrons. The Balaban J connectivity index is 3.07. The molecule has 0 saturated carbocycles. The molecule has 1 aromatic rings. The highest BCUT2D eigenvalue weighted by atomic mass is 32.1. The third-order valence-corrected chi connectivity index (χ3v) is 2.01. The van der Waals surface area contributed by atoms with Gasteiger partial charge in [0.25, 0.3) is 0 Å². The van der Waals surface area contributed by atoms with Crippen molar-refractivity contribution in [2.45, 2.75) is 6.92 Å². The van der Waals surface area contributed by atoms with Crippen molar-refractivity contribution in [1.82, 2.24) is 0 Å². The van der Waals surface area contributed by atoms with E-state index in [9.17, 15) is 14.8 Å². The highest BCUT2D eigenvalue weighted by molar-refractivity contribution is 7.80. The Morgan fingerprint density at radius 2 is 2.06 bits per heavy atom. The molecule has 0 spiro atoms. The molecule has 0 aliphatic carbocycles. The third-order valence-electron chi connectivity index (χ3n) is 1.91. The van der Waals surface area contributed by atoms with Gasteiger partial charge in [-0.3, -0.25) is 4.79 Å². The van der Waals surface area contributed by atoms with Crippen LogP contribution in [0.5, 0.6) is 0 Å². The second-order valence-corrected chi connectivity index (χ2v) is 3.79. The number of amides is 1. The Bertz CT molecular complexity index is 453. The Morgan fingerprint density at radius 1 is 1.41 bits per heavy atom. The second kappa shape index (κ2) is 5.62. The molecule has 90 valence electrons. The molecule has 0 aliphatic heterocycles. The molecule has 8 heteroatoms. The molecular formula is C9H12BN3O3S. The molecule has 0 aromatic heterocycles. The number of hydrogen-bond acceptors (Lipinski definition) is 4. The van der Waals surface area contributed by atoms with Gasteiger partial charge in [0.15, 0.2) is 5.11 Å². The molecule has 1 amide bonds. The molecular weight excluding hydrogens is 241 g/mol. The lowest BCUT2D eigenvalue weighted by molar-refractivity contribution is -0.114. The summed E-state index contributed by atoms with van der Waals surface area (Å²) in [5.74, 6) is -0.251. The smallest absolute Gasteiger partial charge is 0.423 e. The van der Waals surface area contributed by atoms with Gasteiger partial charge in [0.05, 0.1) is 0 Å². The minimum atomic E-state index is -1.69. The van der Waals surface area contributed by atoms with Gasteiger partial charge >= 0.3 is 7.12 Å². The van der Waals surface area contributed by atoms with Crippen LogP contribution in [0, 0.1) is 0 Å². The Labute approximate surface area is 104 Å². The predicted molar refractivity (Wildman–Crippen MR) is 71.0 cm³/mol. The van der Waals surface area contributed by atoms with Crippen molar-refractivity contribution in [3.8, 4) is 0 Å². The van der Waals surface area contributed by atoms with Crippen molar-refractivity contribution >= 4 is 47.2 Å². The van der Waals surface area contributed by atoms with Gasteiger partial charge in [0.1, 0.15) is 0 Å². The van der Waals surface area contributed by atoms with Gasteiger partial charge < -0.3 is 26.4 Å². The van der Waals surface area contributed by atoms with Crippen molar-refractivity contribution in [1.29, 1.82) is 0 Å². The zero-order valence-corrected chi connectivity index (χ0v) is 9.91. The highest BCUT2D eigenvalue weighted by Gasteiger charge is 2.17. The van der Waals surface area contributed by atoms with Crippen molar-refractivity contribution in [2.75, 3.05) is 10.6 Å². The first-order valence-corrected chi connectivity index (χ1v) is 5.15. The molecule has 0 saturated heterocycles. The maximum absolute atomic E-state index is 10.9. The van der Waals surface area contributed by atoms with Crippen LogP contribution < -0.4 is 21.8 Å². The van der Waals surface area contributed by atoms with Crippen molar-refractivity contribution in [2.24, 2.45) is 5.73 Å². The van der Waals surface area contributed by atoms with Gasteiger partial charge in [0.2, 0.25) is 5.91 Å². The fourth-order valence-corrected chi connectivity index (χ4v) is 1.41. The van der Waals surface area contributed by atoms with Crippen LogP contribution in [0.15, 0.2) is 18.2 Å². The first-order chi connectivity index (χ1) is 7.90. The summed E-state index contributed by atoms with van der Waals surface area (Å²) in [6, 6.07) is 4.56. The van der Waals surface area contributed by atoms with Crippen LogP contribution in [0.3, 0.4) is 0 Å². The van der Waals surface area contributed by atoms with E-state index in [0.29, 0.717) is 11.4 Å². The lowest BCUT2D eigenvalue weighted by Gasteiger charge is -2.12. The van der Waals surface area contributed by atoms with Gasteiger partial charge in [-0.1, -0.05) is 0 Å². The summed E-state index contributed by atoms with van der Waals surface area (Å²) in [7, 11) is -1.69. The number of hydrogen-bond donors (Lipinski definition) is 5. The lowest BCUT2D eigenvalue weighted by Crippen LogP contribution is -2.35. The number of nitrogens with one attached hydrogen (secondary N) is 2. The average molecular weight is 253 g/mol. The fourth-order valence-electron chi connectivity index (χ4n) is 1.30. The van der Waals surface area contributed by atoms with Crippen molar-refractivity contribution in [3.63, 3.8) is 0 Å². The van der Waals surface area contributed by atoms with Crippen LogP contribution in [-0.4, -0.2) is 28.2 Å². The van der Waals surface area contributed by atoms with E-state index in [1.165, 1.54) is 13.0 Å². The zero-order valence-electron chi connectivity index (χ0n) is 9.10. The zero-order chi connectivity index (χ0) is 13.0. The monoisotopic (exact) mass is 253 g/mol. The number of anilines is 2. The minimum Gasteiger partial charge on any atom is -0.423 e. The topological polar surface area (TPSA) is 108 Å². The predicted octanol–water partition coefficient (Wildman–Crippen LogP) is -1.02. The number of nitrogens with two attached hydrogens (primary N) is 1.